The Bertz CT molecular complexity index is 362. The zero-order valence-electron chi connectivity index (χ0n) is 10.5. The van der Waals surface area contributed by atoms with E-state index in [0.717, 1.165) is 12.1 Å². The van der Waals surface area contributed by atoms with Crippen LogP contribution in [0.5, 0.6) is 0 Å². The van der Waals surface area contributed by atoms with E-state index in [2.05, 4.69) is 18.7 Å². The lowest BCUT2D eigenvalue weighted by Crippen LogP contribution is -2.33. The Morgan fingerprint density at radius 3 is 2.82 bits per heavy atom. The summed E-state index contributed by atoms with van der Waals surface area (Å²) in [4.78, 5) is 13.7. The predicted molar refractivity (Wildman–Crippen MR) is 68.7 cm³/mol. The summed E-state index contributed by atoms with van der Waals surface area (Å²) >= 11 is 1.28. The fourth-order valence-corrected chi connectivity index (χ4v) is 2.35. The third-order valence-corrected chi connectivity index (χ3v) is 3.57. The van der Waals surface area contributed by atoms with Crippen molar-refractivity contribution in [3.05, 3.63) is 21.9 Å². The summed E-state index contributed by atoms with van der Waals surface area (Å²) in [7, 11) is 1.67. The second-order valence-electron chi connectivity index (χ2n) is 4.14. The van der Waals surface area contributed by atoms with E-state index in [-0.39, 0.29) is 0 Å². The van der Waals surface area contributed by atoms with Crippen LogP contribution in [0.3, 0.4) is 0 Å². The maximum Gasteiger partial charge on any atom is 0.346 e. The SMILES string of the molecule is COCCN(Cc1ccsc1C(=O)O)C(C)C. The van der Waals surface area contributed by atoms with Crippen molar-refractivity contribution in [3.8, 4) is 0 Å². The molecule has 96 valence electrons. The summed E-state index contributed by atoms with van der Waals surface area (Å²) in [6, 6.07) is 2.25. The van der Waals surface area contributed by atoms with E-state index >= 15 is 0 Å². The molecule has 0 saturated carbocycles. The van der Waals surface area contributed by atoms with Crippen LogP contribution >= 0.6 is 11.3 Å². The van der Waals surface area contributed by atoms with Gasteiger partial charge in [0, 0.05) is 26.2 Å². The number of aromatic carboxylic acids is 1. The number of hydrogen-bond donors (Lipinski definition) is 1. The quantitative estimate of drug-likeness (QED) is 0.814. The van der Waals surface area contributed by atoms with Crippen molar-refractivity contribution < 1.29 is 14.6 Å². The van der Waals surface area contributed by atoms with E-state index in [4.69, 9.17) is 9.84 Å². The maximum absolute atomic E-state index is 11.0. The Labute approximate surface area is 106 Å². The molecule has 0 aromatic carbocycles. The van der Waals surface area contributed by atoms with Gasteiger partial charge in [0.15, 0.2) is 0 Å². The number of rotatable bonds is 7. The smallest absolute Gasteiger partial charge is 0.346 e. The molecule has 0 bridgehead atoms. The molecule has 1 N–H and O–H groups in total. The second kappa shape index (κ2) is 6.74. The number of methoxy groups -OCH3 is 1. The van der Waals surface area contributed by atoms with Crippen molar-refractivity contribution in [2.75, 3.05) is 20.3 Å². The van der Waals surface area contributed by atoms with Crippen LogP contribution < -0.4 is 0 Å². The fraction of sp³-hybridized carbons (Fsp3) is 0.583. The van der Waals surface area contributed by atoms with Crippen LogP contribution in [-0.4, -0.2) is 42.3 Å². The molecule has 0 aliphatic heterocycles. The normalized spacial score (nSPS) is 11.4. The highest BCUT2D eigenvalue weighted by Gasteiger charge is 2.16. The highest BCUT2D eigenvalue weighted by molar-refractivity contribution is 7.12. The van der Waals surface area contributed by atoms with Gasteiger partial charge in [0.25, 0.3) is 0 Å². The van der Waals surface area contributed by atoms with E-state index in [9.17, 15) is 4.79 Å². The molecule has 0 amide bonds. The summed E-state index contributed by atoms with van der Waals surface area (Å²) in [6.45, 7) is 6.32. The van der Waals surface area contributed by atoms with Crippen molar-refractivity contribution >= 4 is 17.3 Å². The molecule has 1 rings (SSSR count). The fourth-order valence-electron chi connectivity index (χ4n) is 1.60. The predicted octanol–water partition coefficient (Wildman–Crippen LogP) is 2.30. The molecule has 0 aliphatic carbocycles. The maximum atomic E-state index is 11.0. The summed E-state index contributed by atoms with van der Waals surface area (Å²) in [6.07, 6.45) is 0. The van der Waals surface area contributed by atoms with Crippen LogP contribution in [0, 0.1) is 0 Å². The van der Waals surface area contributed by atoms with Gasteiger partial charge in [0.05, 0.1) is 6.61 Å². The molecule has 4 nitrogen and oxygen atoms in total. The molecular weight excluding hydrogens is 238 g/mol. The molecule has 0 radical (unpaired) electrons. The Morgan fingerprint density at radius 2 is 2.29 bits per heavy atom. The lowest BCUT2D eigenvalue weighted by molar-refractivity contribution is 0.0698. The zero-order valence-corrected chi connectivity index (χ0v) is 11.3. The van der Waals surface area contributed by atoms with Crippen molar-refractivity contribution in [3.63, 3.8) is 0 Å². The van der Waals surface area contributed by atoms with Gasteiger partial charge in [-0.15, -0.1) is 11.3 Å². The van der Waals surface area contributed by atoms with Crippen LogP contribution in [0.1, 0.15) is 29.1 Å². The van der Waals surface area contributed by atoms with Gasteiger partial charge in [-0.1, -0.05) is 0 Å². The van der Waals surface area contributed by atoms with Crippen molar-refractivity contribution in [1.82, 2.24) is 4.90 Å². The molecule has 0 aliphatic rings. The van der Waals surface area contributed by atoms with Gasteiger partial charge in [-0.25, -0.2) is 4.79 Å². The average molecular weight is 257 g/mol. The molecule has 0 unspecified atom stereocenters. The standard InChI is InChI=1S/C12H19NO3S/c1-9(2)13(5-6-16-3)8-10-4-7-17-11(10)12(14)15/h4,7,9H,5-6,8H2,1-3H3,(H,14,15). The topological polar surface area (TPSA) is 49.8 Å². The molecule has 1 aromatic rings. The van der Waals surface area contributed by atoms with Crippen LogP contribution in [0.2, 0.25) is 0 Å². The van der Waals surface area contributed by atoms with Gasteiger partial charge < -0.3 is 9.84 Å². The molecule has 0 spiro atoms. The lowest BCUT2D eigenvalue weighted by Gasteiger charge is -2.25. The highest BCUT2D eigenvalue weighted by Crippen LogP contribution is 2.19. The van der Waals surface area contributed by atoms with Crippen LogP contribution in [-0.2, 0) is 11.3 Å². The van der Waals surface area contributed by atoms with E-state index in [1.807, 2.05) is 11.4 Å². The number of carbonyl (C=O) groups is 1. The van der Waals surface area contributed by atoms with E-state index in [1.54, 1.807) is 7.11 Å². The first kappa shape index (κ1) is 14.2. The van der Waals surface area contributed by atoms with Gasteiger partial charge in [-0.3, -0.25) is 4.90 Å². The molecule has 1 aromatic heterocycles. The van der Waals surface area contributed by atoms with Gasteiger partial charge in [0.1, 0.15) is 4.88 Å². The lowest BCUT2D eigenvalue weighted by atomic mass is 10.2. The first-order chi connectivity index (χ1) is 8.06. The number of ether oxygens (including phenoxy) is 1. The summed E-state index contributed by atoms with van der Waals surface area (Å²) in [5.41, 5.74) is 0.882. The Hall–Kier alpha value is -0.910. The minimum absolute atomic E-state index is 0.367. The second-order valence-corrected chi connectivity index (χ2v) is 5.05. The molecule has 0 saturated heterocycles. The van der Waals surface area contributed by atoms with E-state index in [1.165, 1.54) is 11.3 Å². The molecule has 1 heterocycles. The van der Waals surface area contributed by atoms with E-state index in [0.29, 0.717) is 24.1 Å². The highest BCUT2D eigenvalue weighted by atomic mass is 32.1. The number of nitrogens with zero attached hydrogens (tertiary/aromatic N) is 1. The third-order valence-electron chi connectivity index (χ3n) is 2.63. The van der Waals surface area contributed by atoms with Gasteiger partial charge in [-0.05, 0) is 30.9 Å². The van der Waals surface area contributed by atoms with Gasteiger partial charge in [0.2, 0.25) is 0 Å². The molecule has 5 heteroatoms. The zero-order chi connectivity index (χ0) is 12.8. The van der Waals surface area contributed by atoms with Crippen molar-refractivity contribution in [2.24, 2.45) is 0 Å². The van der Waals surface area contributed by atoms with Crippen molar-refractivity contribution in [2.45, 2.75) is 26.4 Å². The number of thiophene rings is 1. The summed E-state index contributed by atoms with van der Waals surface area (Å²) < 4.78 is 5.06. The Morgan fingerprint density at radius 1 is 1.59 bits per heavy atom. The minimum Gasteiger partial charge on any atom is -0.477 e. The average Bonchev–Trinajstić information content (AvgIpc) is 2.71. The molecular formula is C12H19NO3S. The monoisotopic (exact) mass is 257 g/mol. The minimum atomic E-state index is -0.842. The number of carboxylic acid groups (broad SMARTS) is 1. The molecule has 0 fully saturated rings. The Balaban J connectivity index is 2.71. The van der Waals surface area contributed by atoms with E-state index < -0.39 is 5.97 Å². The molecule has 17 heavy (non-hydrogen) atoms. The van der Waals surface area contributed by atoms with Crippen LogP contribution in [0.25, 0.3) is 0 Å². The summed E-state index contributed by atoms with van der Waals surface area (Å²) in [5.74, 6) is -0.842. The number of hydrogen-bond acceptors (Lipinski definition) is 4. The summed E-state index contributed by atoms with van der Waals surface area (Å²) in [5, 5.41) is 10.9. The largest absolute Gasteiger partial charge is 0.477 e. The van der Waals surface area contributed by atoms with Gasteiger partial charge in [-0.2, -0.15) is 0 Å². The van der Waals surface area contributed by atoms with Crippen molar-refractivity contribution in [1.29, 1.82) is 0 Å². The Kier molecular flexibility index (Phi) is 5.61. The number of carboxylic acids is 1. The van der Waals surface area contributed by atoms with Gasteiger partial charge >= 0.3 is 5.97 Å². The first-order valence-electron chi connectivity index (χ1n) is 5.59. The first-order valence-corrected chi connectivity index (χ1v) is 6.47. The van der Waals surface area contributed by atoms with Crippen LogP contribution in [0.4, 0.5) is 0 Å². The molecule has 0 atom stereocenters. The van der Waals surface area contributed by atoms with Crippen LogP contribution in [0.15, 0.2) is 11.4 Å². The third kappa shape index (κ3) is 4.11.